The van der Waals surface area contributed by atoms with Crippen molar-refractivity contribution in [2.75, 3.05) is 20.6 Å². The highest BCUT2D eigenvalue weighted by atomic mass is 16.5. The summed E-state index contributed by atoms with van der Waals surface area (Å²) < 4.78 is 5.48. The molecular weight excluding hydrogens is 202 g/mol. The van der Waals surface area contributed by atoms with Crippen LogP contribution in [0.2, 0.25) is 0 Å². The largest absolute Gasteiger partial charge is 0.462 e. The van der Waals surface area contributed by atoms with E-state index in [0.29, 0.717) is 6.42 Å². The molecule has 0 amide bonds. The average Bonchev–Trinajstić information content (AvgIpc) is 2.23. The number of nitrogens with zero attached hydrogens (tertiary/aromatic N) is 1. The summed E-state index contributed by atoms with van der Waals surface area (Å²) in [5.74, 6) is -0.0525. The second kappa shape index (κ2) is 9.64. The molecule has 0 radical (unpaired) electrons. The molecule has 0 rings (SSSR count). The molecule has 0 bridgehead atoms. The number of esters is 1. The average molecular weight is 229 g/mol. The van der Waals surface area contributed by atoms with Crippen LogP contribution in [0.1, 0.15) is 52.4 Å². The van der Waals surface area contributed by atoms with E-state index in [1.807, 2.05) is 19.0 Å². The highest BCUT2D eigenvalue weighted by Crippen LogP contribution is 2.11. The SMILES string of the molecule is CCCCC(CCC)OC(=O)CCN(C)C. The fraction of sp³-hybridized carbons (Fsp3) is 0.923. The van der Waals surface area contributed by atoms with Gasteiger partial charge in [-0.3, -0.25) is 4.79 Å². The van der Waals surface area contributed by atoms with Crippen LogP contribution in [-0.4, -0.2) is 37.6 Å². The van der Waals surface area contributed by atoms with Gasteiger partial charge in [-0.05, 0) is 26.9 Å². The molecule has 0 saturated heterocycles. The Morgan fingerprint density at radius 1 is 1.19 bits per heavy atom. The molecule has 0 spiro atoms. The third-order valence-corrected chi connectivity index (χ3v) is 2.55. The number of rotatable bonds is 9. The Morgan fingerprint density at radius 3 is 2.38 bits per heavy atom. The first kappa shape index (κ1) is 15.4. The van der Waals surface area contributed by atoms with Crippen molar-refractivity contribution in [3.8, 4) is 0 Å². The van der Waals surface area contributed by atoms with Crippen LogP contribution in [0.15, 0.2) is 0 Å². The van der Waals surface area contributed by atoms with Gasteiger partial charge in [-0.2, -0.15) is 0 Å². The van der Waals surface area contributed by atoms with E-state index in [0.717, 1.165) is 38.6 Å². The number of ether oxygens (including phenoxy) is 1. The van der Waals surface area contributed by atoms with Crippen molar-refractivity contribution in [1.82, 2.24) is 4.90 Å². The van der Waals surface area contributed by atoms with Crippen molar-refractivity contribution in [2.45, 2.75) is 58.5 Å². The Labute approximate surface area is 100 Å². The third kappa shape index (κ3) is 8.72. The Bertz CT molecular complexity index is 181. The lowest BCUT2D eigenvalue weighted by atomic mass is 10.1. The first-order valence-corrected chi connectivity index (χ1v) is 6.44. The Kier molecular flexibility index (Phi) is 9.30. The summed E-state index contributed by atoms with van der Waals surface area (Å²) in [6.45, 7) is 5.06. The minimum Gasteiger partial charge on any atom is -0.462 e. The van der Waals surface area contributed by atoms with Gasteiger partial charge in [-0.1, -0.05) is 33.1 Å². The van der Waals surface area contributed by atoms with Gasteiger partial charge in [-0.25, -0.2) is 0 Å². The van der Waals surface area contributed by atoms with E-state index in [4.69, 9.17) is 4.74 Å². The lowest BCUT2D eigenvalue weighted by Gasteiger charge is -2.17. The molecule has 16 heavy (non-hydrogen) atoms. The summed E-state index contributed by atoms with van der Waals surface area (Å²) in [5.41, 5.74) is 0. The smallest absolute Gasteiger partial charge is 0.307 e. The third-order valence-electron chi connectivity index (χ3n) is 2.55. The van der Waals surface area contributed by atoms with Gasteiger partial charge >= 0.3 is 5.97 Å². The molecule has 3 heteroatoms. The Balaban J connectivity index is 3.82. The molecular formula is C13H27NO2. The van der Waals surface area contributed by atoms with Crippen molar-refractivity contribution < 1.29 is 9.53 Å². The van der Waals surface area contributed by atoms with Crippen LogP contribution < -0.4 is 0 Å². The van der Waals surface area contributed by atoms with Gasteiger partial charge in [0.05, 0.1) is 6.42 Å². The van der Waals surface area contributed by atoms with E-state index in [2.05, 4.69) is 13.8 Å². The zero-order valence-corrected chi connectivity index (χ0v) is 11.3. The maximum atomic E-state index is 11.5. The molecule has 0 aliphatic carbocycles. The van der Waals surface area contributed by atoms with Crippen molar-refractivity contribution in [1.29, 1.82) is 0 Å². The normalized spacial score (nSPS) is 12.8. The monoisotopic (exact) mass is 229 g/mol. The second-order valence-electron chi connectivity index (χ2n) is 4.60. The standard InChI is InChI=1S/C13H27NO2/c1-5-7-9-12(8-6-2)16-13(15)10-11-14(3)4/h12H,5-11H2,1-4H3. The van der Waals surface area contributed by atoms with Gasteiger partial charge in [0.2, 0.25) is 0 Å². The maximum Gasteiger partial charge on any atom is 0.307 e. The summed E-state index contributed by atoms with van der Waals surface area (Å²) in [6.07, 6.45) is 6.03. The fourth-order valence-corrected chi connectivity index (χ4v) is 1.58. The predicted molar refractivity (Wildman–Crippen MR) is 67.5 cm³/mol. The number of carbonyl (C=O) groups is 1. The molecule has 0 saturated carbocycles. The molecule has 0 fully saturated rings. The van der Waals surface area contributed by atoms with Gasteiger partial charge in [0.1, 0.15) is 6.10 Å². The molecule has 0 aliphatic rings. The summed E-state index contributed by atoms with van der Waals surface area (Å²) in [5, 5.41) is 0. The lowest BCUT2D eigenvalue weighted by Crippen LogP contribution is -2.22. The van der Waals surface area contributed by atoms with Crippen LogP contribution in [0.25, 0.3) is 0 Å². The van der Waals surface area contributed by atoms with Crippen molar-refractivity contribution >= 4 is 5.97 Å². The van der Waals surface area contributed by atoms with E-state index in [9.17, 15) is 4.79 Å². The van der Waals surface area contributed by atoms with Gasteiger partial charge in [-0.15, -0.1) is 0 Å². The van der Waals surface area contributed by atoms with Crippen molar-refractivity contribution in [3.63, 3.8) is 0 Å². The minimum absolute atomic E-state index is 0.0525. The van der Waals surface area contributed by atoms with Crippen LogP contribution in [0.5, 0.6) is 0 Å². The molecule has 0 aliphatic heterocycles. The van der Waals surface area contributed by atoms with E-state index >= 15 is 0 Å². The van der Waals surface area contributed by atoms with E-state index in [1.54, 1.807) is 0 Å². The highest BCUT2D eigenvalue weighted by Gasteiger charge is 2.13. The summed E-state index contributed by atoms with van der Waals surface area (Å²) in [4.78, 5) is 13.5. The quantitative estimate of drug-likeness (QED) is 0.569. The first-order chi connectivity index (χ1) is 7.60. The number of carbonyl (C=O) groups excluding carboxylic acids is 1. The van der Waals surface area contributed by atoms with E-state index in [1.165, 1.54) is 0 Å². The molecule has 1 unspecified atom stereocenters. The lowest BCUT2D eigenvalue weighted by molar-refractivity contribution is -0.150. The second-order valence-corrected chi connectivity index (χ2v) is 4.60. The van der Waals surface area contributed by atoms with Crippen LogP contribution >= 0.6 is 0 Å². The molecule has 0 aromatic heterocycles. The van der Waals surface area contributed by atoms with Gasteiger partial charge in [0.15, 0.2) is 0 Å². The maximum absolute atomic E-state index is 11.5. The number of unbranched alkanes of at least 4 members (excludes halogenated alkanes) is 1. The summed E-state index contributed by atoms with van der Waals surface area (Å²) >= 11 is 0. The van der Waals surface area contributed by atoms with Crippen LogP contribution in [0.4, 0.5) is 0 Å². The number of hydrogen-bond acceptors (Lipinski definition) is 3. The topological polar surface area (TPSA) is 29.5 Å². The van der Waals surface area contributed by atoms with Gasteiger partial charge in [0.25, 0.3) is 0 Å². The van der Waals surface area contributed by atoms with Gasteiger partial charge in [0, 0.05) is 6.54 Å². The zero-order valence-electron chi connectivity index (χ0n) is 11.3. The van der Waals surface area contributed by atoms with Crippen molar-refractivity contribution in [3.05, 3.63) is 0 Å². The molecule has 0 aromatic carbocycles. The molecule has 96 valence electrons. The summed E-state index contributed by atoms with van der Waals surface area (Å²) in [7, 11) is 3.93. The molecule has 0 heterocycles. The van der Waals surface area contributed by atoms with Crippen molar-refractivity contribution in [2.24, 2.45) is 0 Å². The number of hydrogen-bond donors (Lipinski definition) is 0. The zero-order chi connectivity index (χ0) is 12.4. The van der Waals surface area contributed by atoms with Crippen LogP contribution in [0, 0.1) is 0 Å². The van der Waals surface area contributed by atoms with E-state index < -0.39 is 0 Å². The van der Waals surface area contributed by atoms with Crippen LogP contribution in [0.3, 0.4) is 0 Å². The van der Waals surface area contributed by atoms with E-state index in [-0.39, 0.29) is 12.1 Å². The minimum atomic E-state index is -0.0525. The fourth-order valence-electron chi connectivity index (χ4n) is 1.58. The molecule has 3 nitrogen and oxygen atoms in total. The Morgan fingerprint density at radius 2 is 1.88 bits per heavy atom. The molecule has 1 atom stereocenters. The molecule has 0 aromatic rings. The highest BCUT2D eigenvalue weighted by molar-refractivity contribution is 5.69. The Hall–Kier alpha value is -0.570. The predicted octanol–water partition coefficient (Wildman–Crippen LogP) is 2.84. The summed E-state index contributed by atoms with van der Waals surface area (Å²) in [6, 6.07) is 0. The molecule has 0 N–H and O–H groups in total. The van der Waals surface area contributed by atoms with Crippen LogP contribution in [-0.2, 0) is 9.53 Å². The van der Waals surface area contributed by atoms with Gasteiger partial charge < -0.3 is 9.64 Å². The first-order valence-electron chi connectivity index (χ1n) is 6.44.